The van der Waals surface area contributed by atoms with Crippen LogP contribution in [-0.4, -0.2) is 12.0 Å². The maximum atomic E-state index is 10.0. The minimum Gasteiger partial charge on any atom is -0.486 e. The van der Waals surface area contributed by atoms with E-state index < -0.39 is 4.92 Å². The van der Waals surface area contributed by atoms with Crippen molar-refractivity contribution in [3.05, 3.63) is 31.7 Å². The van der Waals surface area contributed by atoms with Crippen LogP contribution in [0.5, 0.6) is 5.06 Å². The third-order valence-corrected chi connectivity index (χ3v) is 3.13. The van der Waals surface area contributed by atoms with Crippen LogP contribution >= 0.6 is 27.3 Å². The van der Waals surface area contributed by atoms with Crippen LogP contribution in [0.2, 0.25) is 0 Å². The van der Waals surface area contributed by atoms with Gasteiger partial charge in [-0.25, -0.2) is 0 Å². The van der Waals surface area contributed by atoms with Crippen LogP contribution in [-0.2, 0) is 0 Å². The van der Waals surface area contributed by atoms with Crippen LogP contribution < -0.4 is 4.74 Å². The Hall–Kier alpha value is -0.880. The lowest BCUT2D eigenvalue weighted by Gasteiger charge is -1.91. The van der Waals surface area contributed by atoms with E-state index in [1.807, 2.05) is 0 Å². The maximum Gasteiger partial charge on any atom is 0.235 e. The molecule has 0 unspecified atom stereocenters. The molecule has 6 heteroatoms. The summed E-state index contributed by atoms with van der Waals surface area (Å²) in [4.78, 5) is 10.3. The SMILES string of the molecule is COc1sc(/C=C/[N+](=O)[O-])cc1Br. The molecule has 0 amide bonds. The van der Waals surface area contributed by atoms with Gasteiger partial charge < -0.3 is 4.74 Å². The minimum absolute atomic E-state index is 0.500. The van der Waals surface area contributed by atoms with Crippen LogP contribution in [0.15, 0.2) is 16.7 Å². The van der Waals surface area contributed by atoms with Gasteiger partial charge in [0.15, 0.2) is 5.06 Å². The Kier molecular flexibility index (Phi) is 3.44. The molecule has 1 aromatic heterocycles. The second-order valence-electron chi connectivity index (χ2n) is 2.09. The number of nitro groups is 1. The number of ether oxygens (including phenoxy) is 1. The van der Waals surface area contributed by atoms with Gasteiger partial charge in [0.05, 0.1) is 16.5 Å². The largest absolute Gasteiger partial charge is 0.486 e. The lowest BCUT2D eigenvalue weighted by atomic mass is 10.4. The summed E-state index contributed by atoms with van der Waals surface area (Å²) in [7, 11) is 1.55. The van der Waals surface area contributed by atoms with Crippen LogP contribution in [0.25, 0.3) is 6.08 Å². The highest BCUT2D eigenvalue weighted by molar-refractivity contribution is 9.10. The molecule has 0 atom stereocenters. The zero-order valence-electron chi connectivity index (χ0n) is 6.69. The summed E-state index contributed by atoms with van der Waals surface area (Å²) in [6.45, 7) is 0. The van der Waals surface area contributed by atoms with Crippen molar-refractivity contribution in [2.24, 2.45) is 0 Å². The summed E-state index contributed by atoms with van der Waals surface area (Å²) in [5, 5.41) is 10.7. The van der Waals surface area contributed by atoms with Gasteiger partial charge in [-0.05, 0) is 22.0 Å². The van der Waals surface area contributed by atoms with Gasteiger partial charge in [0.2, 0.25) is 6.20 Å². The topological polar surface area (TPSA) is 52.4 Å². The highest BCUT2D eigenvalue weighted by Gasteiger charge is 2.04. The fourth-order valence-electron chi connectivity index (χ4n) is 0.725. The first kappa shape index (κ1) is 10.2. The van der Waals surface area contributed by atoms with Crippen molar-refractivity contribution < 1.29 is 9.66 Å². The van der Waals surface area contributed by atoms with Crippen LogP contribution in [0, 0.1) is 10.1 Å². The molecule has 1 heterocycles. The smallest absolute Gasteiger partial charge is 0.235 e. The molecule has 0 spiro atoms. The quantitative estimate of drug-likeness (QED) is 0.623. The Labute approximate surface area is 87.1 Å². The number of thiophene rings is 1. The van der Waals surface area contributed by atoms with E-state index in [1.165, 1.54) is 17.4 Å². The molecule has 4 nitrogen and oxygen atoms in total. The number of nitrogens with zero attached hydrogens (tertiary/aromatic N) is 1. The van der Waals surface area contributed by atoms with Gasteiger partial charge >= 0.3 is 0 Å². The van der Waals surface area contributed by atoms with Gasteiger partial charge in [0, 0.05) is 11.0 Å². The summed E-state index contributed by atoms with van der Waals surface area (Å²) in [6.07, 6.45) is 2.33. The van der Waals surface area contributed by atoms with Crippen LogP contribution in [0.4, 0.5) is 0 Å². The summed E-state index contributed by atoms with van der Waals surface area (Å²) in [5.41, 5.74) is 0. The molecule has 70 valence electrons. The predicted molar refractivity (Wildman–Crippen MR) is 54.6 cm³/mol. The first-order valence-electron chi connectivity index (χ1n) is 3.28. The number of hydrogen-bond donors (Lipinski definition) is 0. The van der Waals surface area contributed by atoms with Gasteiger partial charge in [-0.15, -0.1) is 0 Å². The molecule has 1 rings (SSSR count). The lowest BCUT2D eigenvalue weighted by molar-refractivity contribution is -0.400. The summed E-state index contributed by atoms with van der Waals surface area (Å²) < 4.78 is 5.81. The summed E-state index contributed by atoms with van der Waals surface area (Å²) >= 11 is 4.61. The van der Waals surface area contributed by atoms with E-state index in [9.17, 15) is 10.1 Å². The van der Waals surface area contributed by atoms with E-state index >= 15 is 0 Å². The molecule has 0 fully saturated rings. The normalized spacial score (nSPS) is 10.6. The molecule has 0 saturated heterocycles. The summed E-state index contributed by atoms with van der Waals surface area (Å²) in [6, 6.07) is 1.77. The molecule has 0 bridgehead atoms. The molecule has 0 saturated carbocycles. The minimum atomic E-state index is -0.500. The Morgan fingerprint density at radius 3 is 2.92 bits per heavy atom. The Balaban J connectivity index is 2.85. The van der Waals surface area contributed by atoms with E-state index in [0.29, 0.717) is 5.06 Å². The van der Waals surface area contributed by atoms with Crippen molar-refractivity contribution in [2.75, 3.05) is 7.11 Å². The molecule has 1 aromatic rings. The maximum absolute atomic E-state index is 10.0. The van der Waals surface area contributed by atoms with E-state index in [2.05, 4.69) is 15.9 Å². The monoisotopic (exact) mass is 263 g/mol. The number of methoxy groups -OCH3 is 1. The molecule has 0 aliphatic carbocycles. The average molecular weight is 264 g/mol. The van der Waals surface area contributed by atoms with Gasteiger partial charge in [0.25, 0.3) is 0 Å². The molecule has 0 N–H and O–H groups in total. The van der Waals surface area contributed by atoms with Gasteiger partial charge in [-0.2, -0.15) is 0 Å². The molecule has 0 aliphatic rings. The Bertz CT molecular complexity index is 348. The molecular formula is C7H6BrNO3S. The van der Waals surface area contributed by atoms with Gasteiger partial charge in [-0.3, -0.25) is 10.1 Å². The van der Waals surface area contributed by atoms with E-state index in [-0.39, 0.29) is 0 Å². The van der Waals surface area contributed by atoms with Crippen LogP contribution in [0.1, 0.15) is 4.88 Å². The van der Waals surface area contributed by atoms with Crippen molar-refractivity contribution in [1.82, 2.24) is 0 Å². The highest BCUT2D eigenvalue weighted by atomic mass is 79.9. The van der Waals surface area contributed by atoms with E-state index in [4.69, 9.17) is 4.74 Å². The lowest BCUT2D eigenvalue weighted by Crippen LogP contribution is -1.80. The molecule has 13 heavy (non-hydrogen) atoms. The fraction of sp³-hybridized carbons (Fsp3) is 0.143. The number of halogens is 1. The molecule has 0 radical (unpaired) electrons. The van der Waals surface area contributed by atoms with Crippen molar-refractivity contribution in [2.45, 2.75) is 0 Å². The fourth-order valence-corrected chi connectivity index (χ4v) is 2.29. The molecular weight excluding hydrogens is 258 g/mol. The Morgan fingerprint density at radius 2 is 2.46 bits per heavy atom. The van der Waals surface area contributed by atoms with Crippen molar-refractivity contribution in [3.63, 3.8) is 0 Å². The molecule has 0 aromatic carbocycles. The van der Waals surface area contributed by atoms with Crippen LogP contribution in [0.3, 0.4) is 0 Å². The van der Waals surface area contributed by atoms with E-state index in [1.54, 1.807) is 13.2 Å². The van der Waals surface area contributed by atoms with E-state index in [0.717, 1.165) is 15.5 Å². The first-order chi connectivity index (χ1) is 6.13. The number of hydrogen-bond acceptors (Lipinski definition) is 4. The standard InChI is InChI=1S/C7H6BrNO3S/c1-12-7-6(8)4-5(13-7)2-3-9(10)11/h2-4H,1H3/b3-2+. The zero-order chi connectivity index (χ0) is 9.84. The third kappa shape index (κ3) is 2.82. The average Bonchev–Trinajstić information content (AvgIpc) is 2.43. The second kappa shape index (κ2) is 4.38. The van der Waals surface area contributed by atoms with Gasteiger partial charge in [0.1, 0.15) is 0 Å². The number of rotatable bonds is 3. The third-order valence-electron chi connectivity index (χ3n) is 1.22. The zero-order valence-corrected chi connectivity index (χ0v) is 9.09. The van der Waals surface area contributed by atoms with Gasteiger partial charge in [-0.1, -0.05) is 11.3 Å². The summed E-state index contributed by atoms with van der Waals surface area (Å²) in [5.74, 6) is 0. The first-order valence-corrected chi connectivity index (χ1v) is 4.89. The highest BCUT2D eigenvalue weighted by Crippen LogP contribution is 2.35. The van der Waals surface area contributed by atoms with Crippen molar-refractivity contribution >= 4 is 33.3 Å². The molecule has 0 aliphatic heterocycles. The Morgan fingerprint density at radius 1 is 1.77 bits per heavy atom. The van der Waals surface area contributed by atoms with Crippen molar-refractivity contribution in [1.29, 1.82) is 0 Å². The predicted octanol–water partition coefficient (Wildman–Crippen LogP) is 2.77. The van der Waals surface area contributed by atoms with Crippen molar-refractivity contribution in [3.8, 4) is 5.06 Å². The second-order valence-corrected chi connectivity index (χ2v) is 3.99.